The van der Waals surface area contributed by atoms with Crippen molar-refractivity contribution in [3.63, 3.8) is 0 Å². The molecule has 2 aromatic rings. The Balaban J connectivity index is 0.00000264. The quantitative estimate of drug-likeness (QED) is 0.341. The molecular formula is C15H18BrNO4S2. The highest BCUT2D eigenvalue weighted by Crippen LogP contribution is 2.28. The lowest BCUT2D eigenvalue weighted by atomic mass is 10.3. The molecule has 0 aliphatic rings. The van der Waals surface area contributed by atoms with Crippen LogP contribution in [0.25, 0.3) is 10.2 Å². The van der Waals surface area contributed by atoms with Crippen molar-refractivity contribution in [1.82, 2.24) is 0 Å². The van der Waals surface area contributed by atoms with E-state index in [1.165, 1.54) is 11.8 Å². The molecule has 23 heavy (non-hydrogen) atoms. The number of carbonyl (C=O) groups excluding carboxylic acids is 2. The number of ether oxygens (including phenoxy) is 2. The van der Waals surface area contributed by atoms with Crippen molar-refractivity contribution in [2.24, 2.45) is 0 Å². The van der Waals surface area contributed by atoms with Crippen LogP contribution in [0.3, 0.4) is 0 Å². The van der Waals surface area contributed by atoms with Crippen LogP contribution in [0.1, 0.15) is 13.8 Å². The van der Waals surface area contributed by atoms with Crippen molar-refractivity contribution < 1.29 is 40.6 Å². The minimum Gasteiger partial charge on any atom is -1.00 e. The molecule has 0 saturated heterocycles. The summed E-state index contributed by atoms with van der Waals surface area (Å²) >= 11 is 2.93. The van der Waals surface area contributed by atoms with Crippen LogP contribution in [0.15, 0.2) is 28.6 Å². The molecule has 0 fully saturated rings. The molecule has 2 rings (SSSR count). The van der Waals surface area contributed by atoms with Crippen LogP contribution in [0, 0.1) is 0 Å². The molecule has 0 amide bonds. The fourth-order valence-corrected chi connectivity index (χ4v) is 4.15. The van der Waals surface area contributed by atoms with Gasteiger partial charge in [0.25, 0.3) is 4.34 Å². The maximum Gasteiger partial charge on any atom is 0.372 e. The standard InChI is InChI=1S/C15H18NO4S2.BrH/c1-3-19-13(17)9-16-11-7-5-6-8-12(11)22-15(16)21-10-14(18)20-4-2;/h5-8H,3-4,9-10H2,1-2H3;1H/q+1;/p-1. The van der Waals surface area contributed by atoms with Gasteiger partial charge in [-0.15, -0.1) is 0 Å². The Morgan fingerprint density at radius 1 is 1.13 bits per heavy atom. The predicted molar refractivity (Wildman–Crippen MR) is 86.0 cm³/mol. The number of esters is 2. The highest BCUT2D eigenvalue weighted by molar-refractivity contribution is 8.01. The molecule has 0 atom stereocenters. The van der Waals surface area contributed by atoms with Gasteiger partial charge in [0.05, 0.1) is 13.2 Å². The van der Waals surface area contributed by atoms with E-state index in [0.717, 1.165) is 14.6 Å². The molecular weight excluding hydrogens is 402 g/mol. The number of nitrogens with zero attached hydrogens (tertiary/aromatic N) is 1. The van der Waals surface area contributed by atoms with Gasteiger partial charge in [0.2, 0.25) is 12.1 Å². The average Bonchev–Trinajstić information content (AvgIpc) is 2.84. The summed E-state index contributed by atoms with van der Waals surface area (Å²) in [4.78, 5) is 23.3. The normalized spacial score (nSPS) is 10.2. The summed E-state index contributed by atoms with van der Waals surface area (Å²) in [7, 11) is 0. The number of halogens is 1. The number of para-hydroxylation sites is 1. The zero-order valence-corrected chi connectivity index (χ0v) is 16.1. The summed E-state index contributed by atoms with van der Waals surface area (Å²) in [6.07, 6.45) is 0. The lowest BCUT2D eigenvalue weighted by Crippen LogP contribution is -3.00. The van der Waals surface area contributed by atoms with Crippen molar-refractivity contribution in [2.45, 2.75) is 24.7 Å². The first-order chi connectivity index (χ1) is 10.7. The van der Waals surface area contributed by atoms with Gasteiger partial charge in [0.1, 0.15) is 10.5 Å². The predicted octanol–water partition coefficient (Wildman–Crippen LogP) is -0.589. The number of hydrogen-bond donors (Lipinski definition) is 0. The number of rotatable bonds is 7. The van der Waals surface area contributed by atoms with Gasteiger partial charge in [0.15, 0.2) is 0 Å². The largest absolute Gasteiger partial charge is 1.00 e. The summed E-state index contributed by atoms with van der Waals surface area (Å²) in [5, 5.41) is 0. The van der Waals surface area contributed by atoms with Gasteiger partial charge < -0.3 is 26.5 Å². The second-order valence-corrected chi connectivity index (χ2v) is 6.57. The number of fused-ring (bicyclic) bond motifs is 1. The molecule has 0 N–H and O–H groups in total. The van der Waals surface area contributed by atoms with E-state index in [2.05, 4.69) is 0 Å². The van der Waals surface area contributed by atoms with E-state index in [0.29, 0.717) is 13.2 Å². The highest BCUT2D eigenvalue weighted by Gasteiger charge is 2.24. The molecule has 126 valence electrons. The maximum atomic E-state index is 11.8. The first-order valence-electron chi connectivity index (χ1n) is 7.01. The van der Waals surface area contributed by atoms with Gasteiger partial charge in [-0.3, -0.25) is 4.79 Å². The Bertz CT molecular complexity index is 675. The maximum absolute atomic E-state index is 11.8. The van der Waals surface area contributed by atoms with E-state index in [9.17, 15) is 9.59 Å². The zero-order chi connectivity index (χ0) is 15.9. The Kier molecular flexibility index (Phi) is 8.57. The van der Waals surface area contributed by atoms with Gasteiger partial charge in [-0.2, -0.15) is 4.57 Å². The zero-order valence-electron chi connectivity index (χ0n) is 12.9. The van der Waals surface area contributed by atoms with Gasteiger partial charge in [-0.05, 0) is 31.7 Å². The van der Waals surface area contributed by atoms with Crippen molar-refractivity contribution >= 4 is 45.3 Å². The minimum atomic E-state index is -0.283. The van der Waals surface area contributed by atoms with E-state index in [4.69, 9.17) is 9.47 Å². The van der Waals surface area contributed by atoms with E-state index in [1.54, 1.807) is 25.2 Å². The number of thioether (sulfide) groups is 1. The molecule has 0 unspecified atom stereocenters. The highest BCUT2D eigenvalue weighted by atomic mass is 79.9. The van der Waals surface area contributed by atoms with Crippen LogP contribution >= 0.6 is 23.1 Å². The molecule has 1 heterocycles. The Hall–Kier alpha value is -1.12. The second kappa shape index (κ2) is 9.89. The van der Waals surface area contributed by atoms with Gasteiger partial charge in [-0.1, -0.05) is 23.5 Å². The Morgan fingerprint density at radius 2 is 1.78 bits per heavy atom. The summed E-state index contributed by atoms with van der Waals surface area (Å²) < 4.78 is 13.8. The molecule has 1 aromatic carbocycles. The van der Waals surface area contributed by atoms with Crippen molar-refractivity contribution in [1.29, 1.82) is 0 Å². The topological polar surface area (TPSA) is 56.5 Å². The number of aromatic nitrogens is 1. The molecule has 0 aliphatic carbocycles. The molecule has 5 nitrogen and oxygen atoms in total. The number of thiazole rings is 1. The molecule has 0 spiro atoms. The van der Waals surface area contributed by atoms with Crippen LogP contribution < -0.4 is 21.5 Å². The lowest BCUT2D eigenvalue weighted by Gasteiger charge is -2.01. The van der Waals surface area contributed by atoms with Crippen LogP contribution in [0.2, 0.25) is 0 Å². The van der Waals surface area contributed by atoms with Gasteiger partial charge >= 0.3 is 11.9 Å². The number of benzene rings is 1. The first kappa shape index (κ1) is 19.9. The fraction of sp³-hybridized carbons (Fsp3) is 0.400. The number of carbonyl (C=O) groups is 2. The molecule has 8 heteroatoms. The second-order valence-electron chi connectivity index (χ2n) is 4.32. The summed E-state index contributed by atoms with van der Waals surface area (Å²) in [5.41, 5.74) is 0.965. The smallest absolute Gasteiger partial charge is 0.372 e. The molecule has 0 saturated carbocycles. The molecule has 0 radical (unpaired) electrons. The summed E-state index contributed by atoms with van der Waals surface area (Å²) in [6, 6.07) is 7.83. The van der Waals surface area contributed by atoms with E-state index >= 15 is 0 Å². The number of hydrogen-bond acceptors (Lipinski definition) is 6. The van der Waals surface area contributed by atoms with Crippen molar-refractivity contribution in [3.8, 4) is 0 Å². The fourth-order valence-electron chi connectivity index (χ4n) is 1.93. The van der Waals surface area contributed by atoms with Crippen LogP contribution in [0.4, 0.5) is 0 Å². The molecule has 0 aliphatic heterocycles. The van der Waals surface area contributed by atoms with Crippen LogP contribution in [-0.2, 0) is 25.6 Å². The van der Waals surface area contributed by atoms with E-state index in [1.807, 2.05) is 28.8 Å². The van der Waals surface area contributed by atoms with E-state index in [-0.39, 0.29) is 41.2 Å². The van der Waals surface area contributed by atoms with E-state index < -0.39 is 0 Å². The third-order valence-corrected chi connectivity index (χ3v) is 5.20. The summed E-state index contributed by atoms with van der Waals surface area (Å²) in [5.74, 6) is -0.314. The van der Waals surface area contributed by atoms with Crippen molar-refractivity contribution in [3.05, 3.63) is 24.3 Å². The molecule has 1 aromatic heterocycles. The van der Waals surface area contributed by atoms with Crippen molar-refractivity contribution in [2.75, 3.05) is 19.0 Å². The van der Waals surface area contributed by atoms with Gasteiger partial charge in [0, 0.05) is 6.07 Å². The van der Waals surface area contributed by atoms with Crippen LogP contribution in [0.5, 0.6) is 0 Å². The summed E-state index contributed by atoms with van der Waals surface area (Å²) in [6.45, 7) is 4.43. The molecule has 0 bridgehead atoms. The third-order valence-electron chi connectivity index (χ3n) is 2.79. The first-order valence-corrected chi connectivity index (χ1v) is 8.81. The Labute approximate surface area is 153 Å². The van der Waals surface area contributed by atoms with Crippen LogP contribution in [-0.4, -0.2) is 30.9 Å². The SMILES string of the molecule is CCOC(=O)CSc1sc2ccccc2[n+]1CC(=O)OCC.[Br-]. The Morgan fingerprint density at radius 3 is 2.48 bits per heavy atom. The lowest BCUT2D eigenvalue weighted by molar-refractivity contribution is -0.691. The third kappa shape index (κ3) is 5.47. The monoisotopic (exact) mass is 419 g/mol. The minimum absolute atomic E-state index is 0. The van der Waals surface area contributed by atoms with Gasteiger partial charge in [-0.25, -0.2) is 4.79 Å². The average molecular weight is 420 g/mol.